The normalized spacial score (nSPS) is 17.9. The molecule has 1 aliphatic heterocycles. The van der Waals surface area contributed by atoms with Crippen LogP contribution in [-0.2, 0) is 31.7 Å². The summed E-state index contributed by atoms with van der Waals surface area (Å²) in [7, 11) is 1.17. The second kappa shape index (κ2) is 10.9. The molecular formula is C25H30F3N3O7. The van der Waals surface area contributed by atoms with Crippen molar-refractivity contribution < 1.29 is 47.2 Å². The summed E-state index contributed by atoms with van der Waals surface area (Å²) in [5.41, 5.74) is -2.31. The number of halogens is 3. The number of pyridine rings is 1. The molecular weight excluding hydrogens is 511 g/mol. The molecule has 1 saturated heterocycles. The van der Waals surface area contributed by atoms with Crippen LogP contribution < -0.4 is 5.32 Å². The Bertz CT molecular complexity index is 1230. The number of methoxy groups -OCH3 is 1. The minimum Gasteiger partial charge on any atom is -0.508 e. The first-order valence-corrected chi connectivity index (χ1v) is 11.9. The fourth-order valence-electron chi connectivity index (χ4n) is 4.44. The van der Waals surface area contributed by atoms with E-state index in [2.05, 4.69) is 10.3 Å². The van der Waals surface area contributed by atoms with Gasteiger partial charge in [-0.2, -0.15) is 13.2 Å². The Balaban J connectivity index is 1.79. The Morgan fingerprint density at radius 1 is 1.18 bits per heavy atom. The SMILES string of the molecule is COC(=O)C1CC(CCc2c(O)c(C(F)(F)F)nc3ccc(O)cc23)CN1C(=O)CNC(=O)OC(C)(C)C. The molecule has 0 radical (unpaired) electrons. The van der Waals surface area contributed by atoms with Crippen molar-refractivity contribution in [3.8, 4) is 11.5 Å². The van der Waals surface area contributed by atoms with Crippen LogP contribution in [0.15, 0.2) is 18.2 Å². The number of nitrogens with zero attached hydrogens (tertiary/aromatic N) is 2. The molecule has 0 spiro atoms. The van der Waals surface area contributed by atoms with Gasteiger partial charge in [0.25, 0.3) is 0 Å². The van der Waals surface area contributed by atoms with E-state index in [-0.39, 0.29) is 53.9 Å². The number of carbonyl (C=O) groups is 3. The number of rotatable bonds is 6. The van der Waals surface area contributed by atoms with Crippen LogP contribution in [0, 0.1) is 5.92 Å². The molecule has 2 heterocycles. The van der Waals surface area contributed by atoms with E-state index in [1.165, 1.54) is 30.2 Å². The monoisotopic (exact) mass is 541 g/mol. The molecule has 1 aromatic heterocycles. The molecule has 208 valence electrons. The number of benzene rings is 1. The maximum atomic E-state index is 13.5. The lowest BCUT2D eigenvalue weighted by molar-refractivity contribution is -0.150. The van der Waals surface area contributed by atoms with Crippen LogP contribution in [-0.4, -0.2) is 69.9 Å². The number of hydrogen-bond donors (Lipinski definition) is 3. The molecule has 38 heavy (non-hydrogen) atoms. The van der Waals surface area contributed by atoms with Crippen LogP contribution in [0.5, 0.6) is 11.5 Å². The topological polar surface area (TPSA) is 138 Å². The van der Waals surface area contributed by atoms with Crippen molar-refractivity contribution in [1.82, 2.24) is 15.2 Å². The number of alkyl carbamates (subject to hydrolysis) is 1. The number of fused-ring (bicyclic) bond motifs is 1. The van der Waals surface area contributed by atoms with E-state index in [0.717, 1.165) is 0 Å². The lowest BCUT2D eigenvalue weighted by Gasteiger charge is -2.24. The average molecular weight is 542 g/mol. The second-order valence-electron chi connectivity index (χ2n) is 10.1. The van der Waals surface area contributed by atoms with Crippen molar-refractivity contribution in [2.24, 2.45) is 5.92 Å². The molecule has 1 fully saturated rings. The smallest absolute Gasteiger partial charge is 0.437 e. The molecule has 2 atom stereocenters. The summed E-state index contributed by atoms with van der Waals surface area (Å²) >= 11 is 0. The Morgan fingerprint density at radius 3 is 2.47 bits per heavy atom. The third-order valence-corrected chi connectivity index (χ3v) is 6.08. The lowest BCUT2D eigenvalue weighted by Crippen LogP contribution is -2.46. The number of aryl methyl sites for hydroxylation is 1. The van der Waals surface area contributed by atoms with Gasteiger partial charge in [-0.05, 0) is 64.2 Å². The highest BCUT2D eigenvalue weighted by Gasteiger charge is 2.41. The molecule has 3 N–H and O–H groups in total. The van der Waals surface area contributed by atoms with Crippen LogP contribution in [0.3, 0.4) is 0 Å². The number of likely N-dealkylation sites (tertiary alicyclic amines) is 1. The second-order valence-corrected chi connectivity index (χ2v) is 10.1. The summed E-state index contributed by atoms with van der Waals surface area (Å²) in [4.78, 5) is 41.9. The number of alkyl halides is 3. The quantitative estimate of drug-likeness (QED) is 0.473. The summed E-state index contributed by atoms with van der Waals surface area (Å²) < 4.78 is 50.4. The van der Waals surface area contributed by atoms with E-state index in [1.54, 1.807) is 20.8 Å². The first kappa shape index (κ1) is 28.8. The Hall–Kier alpha value is -3.77. The largest absolute Gasteiger partial charge is 0.508 e. The molecule has 2 amide bonds. The maximum absolute atomic E-state index is 13.5. The summed E-state index contributed by atoms with van der Waals surface area (Å²) in [6.07, 6.45) is -5.38. The number of amides is 2. The van der Waals surface area contributed by atoms with Crippen LogP contribution in [0.2, 0.25) is 0 Å². The van der Waals surface area contributed by atoms with Gasteiger partial charge in [-0.1, -0.05) is 0 Å². The van der Waals surface area contributed by atoms with Gasteiger partial charge in [-0.25, -0.2) is 14.6 Å². The highest BCUT2D eigenvalue weighted by molar-refractivity contribution is 5.88. The number of carbonyl (C=O) groups excluding carboxylic acids is 3. The first-order chi connectivity index (χ1) is 17.6. The number of nitrogens with one attached hydrogen (secondary N) is 1. The van der Waals surface area contributed by atoms with Gasteiger partial charge in [0.05, 0.1) is 12.6 Å². The van der Waals surface area contributed by atoms with Gasteiger partial charge in [-0.15, -0.1) is 0 Å². The van der Waals surface area contributed by atoms with E-state index < -0.39 is 53.8 Å². The summed E-state index contributed by atoms with van der Waals surface area (Å²) in [6, 6.07) is 2.70. The molecule has 1 aromatic carbocycles. The van der Waals surface area contributed by atoms with Crippen molar-refractivity contribution in [3.63, 3.8) is 0 Å². The molecule has 1 aliphatic rings. The van der Waals surface area contributed by atoms with Crippen molar-refractivity contribution in [2.75, 3.05) is 20.2 Å². The van der Waals surface area contributed by atoms with Gasteiger partial charge in [0.1, 0.15) is 29.7 Å². The van der Waals surface area contributed by atoms with Crippen molar-refractivity contribution in [3.05, 3.63) is 29.5 Å². The molecule has 10 nitrogen and oxygen atoms in total. The van der Waals surface area contributed by atoms with Gasteiger partial charge in [0.15, 0.2) is 5.69 Å². The lowest BCUT2D eigenvalue weighted by atomic mass is 9.94. The average Bonchev–Trinajstić information content (AvgIpc) is 3.23. The summed E-state index contributed by atoms with van der Waals surface area (Å²) in [6.45, 7) is 4.63. The van der Waals surface area contributed by atoms with Crippen LogP contribution >= 0.6 is 0 Å². The Morgan fingerprint density at radius 2 is 1.87 bits per heavy atom. The van der Waals surface area contributed by atoms with Crippen molar-refractivity contribution in [1.29, 1.82) is 0 Å². The molecule has 0 aliphatic carbocycles. The van der Waals surface area contributed by atoms with Gasteiger partial charge in [0.2, 0.25) is 5.91 Å². The fraction of sp³-hybridized carbons (Fsp3) is 0.520. The summed E-state index contributed by atoms with van der Waals surface area (Å²) in [5, 5.41) is 22.8. The first-order valence-electron chi connectivity index (χ1n) is 11.9. The molecule has 13 heteroatoms. The van der Waals surface area contributed by atoms with Crippen molar-refractivity contribution in [2.45, 2.75) is 57.9 Å². The Labute approximate surface area is 216 Å². The Kier molecular flexibility index (Phi) is 8.27. The number of aromatic hydroxyl groups is 2. The molecule has 2 aromatic rings. The number of ether oxygens (including phenoxy) is 2. The minimum absolute atomic E-state index is 0.0475. The molecule has 3 rings (SSSR count). The van der Waals surface area contributed by atoms with Gasteiger partial charge < -0.3 is 29.9 Å². The zero-order chi connectivity index (χ0) is 28.4. The number of hydrogen-bond acceptors (Lipinski definition) is 8. The van der Waals surface area contributed by atoms with Gasteiger partial charge >= 0.3 is 18.2 Å². The number of aromatic nitrogens is 1. The van der Waals surface area contributed by atoms with Gasteiger partial charge in [-0.3, -0.25) is 4.79 Å². The molecule has 2 unspecified atom stereocenters. The fourth-order valence-corrected chi connectivity index (χ4v) is 4.44. The third-order valence-electron chi connectivity index (χ3n) is 6.08. The van der Waals surface area contributed by atoms with E-state index in [4.69, 9.17) is 9.47 Å². The highest BCUT2D eigenvalue weighted by atomic mass is 19.4. The maximum Gasteiger partial charge on any atom is 0.437 e. The zero-order valence-corrected chi connectivity index (χ0v) is 21.4. The zero-order valence-electron chi connectivity index (χ0n) is 21.4. The van der Waals surface area contributed by atoms with E-state index in [9.17, 15) is 37.8 Å². The minimum atomic E-state index is -4.90. The highest BCUT2D eigenvalue weighted by Crippen LogP contribution is 2.41. The number of phenolic OH excluding ortho intramolecular Hbond substituents is 1. The van der Waals surface area contributed by atoms with Crippen LogP contribution in [0.1, 0.15) is 44.9 Å². The predicted molar refractivity (Wildman–Crippen MR) is 128 cm³/mol. The molecule has 0 saturated carbocycles. The van der Waals surface area contributed by atoms with Crippen LogP contribution in [0.4, 0.5) is 18.0 Å². The van der Waals surface area contributed by atoms with E-state index in [0.29, 0.717) is 0 Å². The van der Waals surface area contributed by atoms with E-state index >= 15 is 0 Å². The predicted octanol–water partition coefficient (Wildman–Crippen LogP) is 3.51. The standard InChI is InChI=1S/C25H30F3N3O7/c1-24(2,3)38-23(36)29-11-19(33)31-12-13(9-18(31)22(35)37-4)5-7-15-16-10-14(32)6-8-17(16)30-21(20(15)34)25(26,27)28/h6,8,10,13,18,32,34H,5,7,9,11-12H2,1-4H3,(H,29,36). The van der Waals surface area contributed by atoms with Crippen LogP contribution in [0.25, 0.3) is 10.9 Å². The van der Waals surface area contributed by atoms with E-state index in [1.807, 2.05) is 0 Å². The summed E-state index contributed by atoms with van der Waals surface area (Å²) in [5.74, 6) is -2.80. The molecule has 0 bridgehead atoms. The number of esters is 1. The van der Waals surface area contributed by atoms with Gasteiger partial charge in [0, 0.05) is 17.5 Å². The third kappa shape index (κ3) is 6.75. The number of phenols is 1. The van der Waals surface area contributed by atoms with Crippen molar-refractivity contribution >= 4 is 28.9 Å².